The van der Waals surface area contributed by atoms with Gasteiger partial charge in [-0.05, 0) is 13.8 Å². The third-order valence-corrected chi connectivity index (χ3v) is 3.28. The van der Waals surface area contributed by atoms with E-state index in [9.17, 15) is 9.59 Å². The summed E-state index contributed by atoms with van der Waals surface area (Å²) in [5.41, 5.74) is 0.0854. The molecular formula is C13H13NO3. The molecule has 0 aromatic heterocycles. The lowest BCUT2D eigenvalue weighted by molar-refractivity contribution is 0.0793. The van der Waals surface area contributed by atoms with Gasteiger partial charge in [0.15, 0.2) is 11.6 Å². The van der Waals surface area contributed by atoms with Gasteiger partial charge in [0.25, 0.3) is 0 Å². The van der Waals surface area contributed by atoms with Crippen molar-refractivity contribution in [3.05, 3.63) is 35.4 Å². The Kier molecular flexibility index (Phi) is 2.58. The minimum atomic E-state index is -1.22. The van der Waals surface area contributed by atoms with E-state index < -0.39 is 5.41 Å². The molecule has 0 fully saturated rings. The molecule has 0 atom stereocenters. The summed E-state index contributed by atoms with van der Waals surface area (Å²) in [5.74, 6) is -0.423. The van der Waals surface area contributed by atoms with Crippen LogP contribution >= 0.6 is 0 Å². The first-order valence-electron chi connectivity index (χ1n) is 5.30. The first-order valence-corrected chi connectivity index (χ1v) is 5.30. The van der Waals surface area contributed by atoms with Gasteiger partial charge in [-0.2, -0.15) is 0 Å². The van der Waals surface area contributed by atoms with E-state index in [1.54, 1.807) is 38.1 Å². The average molecular weight is 231 g/mol. The van der Waals surface area contributed by atoms with Gasteiger partial charge in [0.1, 0.15) is 12.5 Å². The third kappa shape index (κ3) is 1.40. The number of benzene rings is 1. The smallest absolute Gasteiger partial charge is 0.183 e. The van der Waals surface area contributed by atoms with Crippen LogP contribution < -0.4 is 0 Å². The van der Waals surface area contributed by atoms with Crippen molar-refractivity contribution in [1.82, 2.24) is 0 Å². The molecule has 4 heteroatoms. The summed E-state index contributed by atoms with van der Waals surface area (Å²) in [6.45, 7) is 3.22. The third-order valence-electron chi connectivity index (χ3n) is 3.28. The number of nitrogens with zero attached hydrogens (tertiary/aromatic N) is 1. The molecule has 1 aliphatic rings. The van der Waals surface area contributed by atoms with Crippen LogP contribution in [0.1, 0.15) is 34.6 Å². The SMILES string of the molecule is CO/N=C(/C)C1(C)C(=O)c2ccccc2C1=O. The average Bonchev–Trinajstić information content (AvgIpc) is 2.54. The first-order chi connectivity index (χ1) is 8.03. The molecule has 4 nitrogen and oxygen atoms in total. The number of carbonyl (C=O) groups excluding carboxylic acids is 2. The number of carbonyl (C=O) groups is 2. The number of Topliss-reactive ketones (excluding diaryl/α,β-unsaturated/α-hetero) is 2. The maximum atomic E-state index is 12.3. The van der Waals surface area contributed by atoms with E-state index in [0.29, 0.717) is 16.8 Å². The number of rotatable bonds is 2. The summed E-state index contributed by atoms with van der Waals surface area (Å²) < 4.78 is 0. The fraction of sp³-hybridized carbons (Fsp3) is 0.308. The van der Waals surface area contributed by atoms with Crippen LogP contribution in [0.2, 0.25) is 0 Å². The van der Waals surface area contributed by atoms with Crippen molar-refractivity contribution in [2.75, 3.05) is 7.11 Å². The van der Waals surface area contributed by atoms with Gasteiger partial charge >= 0.3 is 0 Å². The molecule has 1 aromatic carbocycles. The summed E-state index contributed by atoms with van der Waals surface area (Å²) >= 11 is 0. The van der Waals surface area contributed by atoms with Crippen molar-refractivity contribution in [3.8, 4) is 0 Å². The van der Waals surface area contributed by atoms with Crippen molar-refractivity contribution in [3.63, 3.8) is 0 Å². The largest absolute Gasteiger partial charge is 0.399 e. The second kappa shape index (κ2) is 3.80. The Labute approximate surface area is 99.3 Å². The van der Waals surface area contributed by atoms with Gasteiger partial charge in [0.2, 0.25) is 0 Å². The molecule has 1 aliphatic carbocycles. The van der Waals surface area contributed by atoms with Crippen LogP contribution in [0.4, 0.5) is 0 Å². The Bertz CT molecular complexity index is 496. The normalized spacial score (nSPS) is 18.2. The molecule has 0 aliphatic heterocycles. The van der Waals surface area contributed by atoms with Crippen molar-refractivity contribution in [2.24, 2.45) is 10.6 Å². The molecule has 0 heterocycles. The second-order valence-corrected chi connectivity index (χ2v) is 4.19. The van der Waals surface area contributed by atoms with E-state index in [4.69, 9.17) is 0 Å². The number of fused-ring (bicyclic) bond motifs is 1. The molecule has 2 rings (SSSR count). The summed E-state index contributed by atoms with van der Waals surface area (Å²) in [5, 5.41) is 3.74. The highest BCUT2D eigenvalue weighted by Gasteiger charge is 2.51. The molecule has 88 valence electrons. The summed E-state index contributed by atoms with van der Waals surface area (Å²) in [6.07, 6.45) is 0. The molecule has 0 unspecified atom stereocenters. The second-order valence-electron chi connectivity index (χ2n) is 4.19. The van der Waals surface area contributed by atoms with E-state index in [1.807, 2.05) is 0 Å². The van der Waals surface area contributed by atoms with Gasteiger partial charge in [-0.15, -0.1) is 0 Å². The quantitative estimate of drug-likeness (QED) is 0.445. The molecule has 1 aromatic rings. The topological polar surface area (TPSA) is 55.7 Å². The van der Waals surface area contributed by atoms with E-state index in [1.165, 1.54) is 7.11 Å². The zero-order chi connectivity index (χ0) is 12.6. The molecule has 0 bridgehead atoms. The Morgan fingerprint density at radius 1 is 1.18 bits per heavy atom. The van der Waals surface area contributed by atoms with Crippen LogP contribution in [0.3, 0.4) is 0 Å². The lowest BCUT2D eigenvalue weighted by atomic mass is 9.81. The molecule has 0 saturated carbocycles. The lowest BCUT2D eigenvalue weighted by Crippen LogP contribution is -2.37. The predicted molar refractivity (Wildman–Crippen MR) is 63.3 cm³/mol. The van der Waals surface area contributed by atoms with Crippen molar-refractivity contribution >= 4 is 17.3 Å². The summed E-state index contributed by atoms with van der Waals surface area (Å²) in [6, 6.07) is 6.83. The predicted octanol–water partition coefficient (Wildman–Crippen LogP) is 2.09. The standard InChI is InChI=1S/C13H13NO3/c1-8(14-17-3)13(2)11(15)9-6-4-5-7-10(9)12(13)16/h4-7H,1-3H3/b14-8-. The molecular weight excluding hydrogens is 218 g/mol. The van der Waals surface area contributed by atoms with Gasteiger partial charge in [0.05, 0.1) is 5.71 Å². The van der Waals surface area contributed by atoms with Gasteiger partial charge in [-0.3, -0.25) is 9.59 Å². The number of oxime groups is 1. The van der Waals surface area contributed by atoms with Crippen LogP contribution in [0.15, 0.2) is 29.4 Å². The van der Waals surface area contributed by atoms with Gasteiger partial charge in [-0.1, -0.05) is 29.4 Å². The van der Waals surface area contributed by atoms with Crippen LogP contribution in [0.5, 0.6) is 0 Å². The Hall–Kier alpha value is -1.97. The fourth-order valence-corrected chi connectivity index (χ4v) is 2.08. The van der Waals surface area contributed by atoms with E-state index >= 15 is 0 Å². The Morgan fingerprint density at radius 3 is 2.06 bits per heavy atom. The maximum absolute atomic E-state index is 12.3. The van der Waals surface area contributed by atoms with Crippen LogP contribution in [-0.2, 0) is 4.84 Å². The van der Waals surface area contributed by atoms with Gasteiger partial charge in [0, 0.05) is 11.1 Å². The van der Waals surface area contributed by atoms with E-state index in [2.05, 4.69) is 9.99 Å². The van der Waals surface area contributed by atoms with Crippen LogP contribution in [0, 0.1) is 5.41 Å². The highest BCUT2D eigenvalue weighted by atomic mass is 16.6. The minimum Gasteiger partial charge on any atom is -0.399 e. The number of hydrogen-bond acceptors (Lipinski definition) is 4. The molecule has 0 spiro atoms. The Morgan fingerprint density at radius 2 is 1.65 bits per heavy atom. The zero-order valence-electron chi connectivity index (χ0n) is 9.98. The maximum Gasteiger partial charge on any atom is 0.183 e. The van der Waals surface area contributed by atoms with Gasteiger partial charge in [-0.25, -0.2) is 0 Å². The van der Waals surface area contributed by atoms with E-state index in [0.717, 1.165) is 0 Å². The highest BCUT2D eigenvalue weighted by Crippen LogP contribution is 2.37. The molecule has 0 N–H and O–H groups in total. The van der Waals surface area contributed by atoms with Crippen LogP contribution in [0.25, 0.3) is 0 Å². The summed E-state index contributed by atoms with van der Waals surface area (Å²) in [4.78, 5) is 29.2. The van der Waals surface area contributed by atoms with Crippen molar-refractivity contribution in [2.45, 2.75) is 13.8 Å². The Balaban J connectivity index is 2.60. The lowest BCUT2D eigenvalue weighted by Gasteiger charge is -2.18. The van der Waals surface area contributed by atoms with Gasteiger partial charge < -0.3 is 4.84 Å². The van der Waals surface area contributed by atoms with Crippen molar-refractivity contribution < 1.29 is 14.4 Å². The molecule has 0 saturated heterocycles. The van der Waals surface area contributed by atoms with Crippen molar-refractivity contribution in [1.29, 1.82) is 0 Å². The molecule has 0 radical (unpaired) electrons. The number of ketones is 2. The zero-order valence-corrected chi connectivity index (χ0v) is 9.98. The first kappa shape index (κ1) is 11.5. The monoisotopic (exact) mass is 231 g/mol. The minimum absolute atomic E-state index is 0.212. The van der Waals surface area contributed by atoms with E-state index in [-0.39, 0.29) is 11.6 Å². The highest BCUT2D eigenvalue weighted by molar-refractivity contribution is 6.39. The molecule has 0 amide bonds. The fourth-order valence-electron chi connectivity index (χ4n) is 2.08. The number of hydrogen-bond donors (Lipinski definition) is 0. The summed E-state index contributed by atoms with van der Waals surface area (Å²) in [7, 11) is 1.39. The van der Waals surface area contributed by atoms with Crippen LogP contribution in [-0.4, -0.2) is 24.4 Å². The molecule has 17 heavy (non-hydrogen) atoms.